The minimum Gasteiger partial charge on any atom is -0.485 e. The van der Waals surface area contributed by atoms with Gasteiger partial charge in [-0.3, -0.25) is 9.59 Å². The highest BCUT2D eigenvalue weighted by atomic mass is 19.1. The van der Waals surface area contributed by atoms with Crippen LogP contribution in [0.25, 0.3) is 11.3 Å². The number of amides is 2. The van der Waals surface area contributed by atoms with Crippen molar-refractivity contribution in [3.63, 3.8) is 0 Å². The number of nitrogens with zero attached hydrogens (tertiary/aromatic N) is 4. The number of piperazine rings is 1. The Morgan fingerprint density at radius 3 is 2.38 bits per heavy atom. The Bertz CT molecular complexity index is 1140. The number of para-hydroxylation sites is 2. The molecule has 32 heavy (non-hydrogen) atoms. The normalized spacial score (nSPS) is 17.8. The van der Waals surface area contributed by atoms with Gasteiger partial charge in [-0.25, -0.2) is 4.39 Å². The number of benzene rings is 2. The highest BCUT2D eigenvalue weighted by molar-refractivity contribution is 5.98. The molecule has 0 aliphatic carbocycles. The van der Waals surface area contributed by atoms with Crippen molar-refractivity contribution in [2.24, 2.45) is 0 Å². The summed E-state index contributed by atoms with van der Waals surface area (Å²) in [4.78, 5) is 29.2. The molecule has 0 radical (unpaired) electrons. The first-order valence-electron chi connectivity index (χ1n) is 10.2. The number of fused-ring (bicyclic) bond motifs is 1. The SMILES string of the molecule is O=C(c1n[nH]nc1-c1ccc(F)cc1)N1CCN(C(=O)[C@H]2COc3ccccc3O2)CC1. The van der Waals surface area contributed by atoms with E-state index >= 15 is 0 Å². The molecule has 3 heterocycles. The molecule has 1 N–H and O–H groups in total. The molecule has 10 heteroatoms. The van der Waals surface area contributed by atoms with E-state index in [4.69, 9.17) is 9.47 Å². The van der Waals surface area contributed by atoms with E-state index in [2.05, 4.69) is 15.4 Å². The van der Waals surface area contributed by atoms with Gasteiger partial charge in [0.2, 0.25) is 6.10 Å². The Morgan fingerprint density at radius 2 is 1.62 bits per heavy atom. The fraction of sp³-hybridized carbons (Fsp3) is 0.273. The molecule has 2 aliphatic heterocycles. The number of carbonyl (C=O) groups excluding carboxylic acids is 2. The van der Waals surface area contributed by atoms with Crippen LogP contribution in [0.1, 0.15) is 10.5 Å². The second kappa shape index (κ2) is 8.29. The zero-order valence-corrected chi connectivity index (χ0v) is 17.0. The first-order valence-corrected chi connectivity index (χ1v) is 10.2. The lowest BCUT2D eigenvalue weighted by Crippen LogP contribution is -2.55. The fourth-order valence-electron chi connectivity index (χ4n) is 3.81. The van der Waals surface area contributed by atoms with E-state index in [-0.39, 0.29) is 29.9 Å². The van der Waals surface area contributed by atoms with Crippen molar-refractivity contribution in [2.45, 2.75) is 6.10 Å². The lowest BCUT2D eigenvalue weighted by molar-refractivity contribution is -0.142. The molecule has 1 aromatic heterocycles. The monoisotopic (exact) mass is 437 g/mol. The number of ether oxygens (including phenoxy) is 2. The van der Waals surface area contributed by atoms with E-state index in [0.29, 0.717) is 48.9 Å². The van der Waals surface area contributed by atoms with E-state index in [9.17, 15) is 14.0 Å². The maximum absolute atomic E-state index is 13.2. The van der Waals surface area contributed by atoms with Crippen molar-refractivity contribution in [2.75, 3.05) is 32.8 Å². The number of halogens is 1. The predicted molar refractivity (Wildman–Crippen MR) is 111 cm³/mol. The molecule has 2 aliphatic rings. The molecule has 1 saturated heterocycles. The summed E-state index contributed by atoms with van der Waals surface area (Å²) < 4.78 is 24.7. The van der Waals surface area contributed by atoms with E-state index in [1.165, 1.54) is 12.1 Å². The predicted octanol–water partition coefficient (Wildman–Crippen LogP) is 1.74. The number of carbonyl (C=O) groups is 2. The molecule has 2 amide bonds. The van der Waals surface area contributed by atoms with Crippen molar-refractivity contribution in [3.8, 4) is 22.8 Å². The van der Waals surface area contributed by atoms with Gasteiger partial charge >= 0.3 is 0 Å². The number of aromatic nitrogens is 3. The number of hydrogen-bond donors (Lipinski definition) is 1. The highest BCUT2D eigenvalue weighted by Gasteiger charge is 2.34. The molecule has 3 aromatic rings. The Morgan fingerprint density at radius 1 is 0.938 bits per heavy atom. The Labute approximate surface area is 182 Å². The quantitative estimate of drug-likeness (QED) is 0.670. The van der Waals surface area contributed by atoms with Gasteiger partial charge in [-0.05, 0) is 36.4 Å². The average molecular weight is 437 g/mol. The van der Waals surface area contributed by atoms with E-state index < -0.39 is 6.10 Å². The van der Waals surface area contributed by atoms with Crippen molar-refractivity contribution in [1.82, 2.24) is 25.2 Å². The summed E-state index contributed by atoms with van der Waals surface area (Å²) in [5.41, 5.74) is 1.11. The second-order valence-corrected chi connectivity index (χ2v) is 7.51. The second-order valence-electron chi connectivity index (χ2n) is 7.51. The Hall–Kier alpha value is -3.95. The van der Waals surface area contributed by atoms with Gasteiger partial charge in [0.1, 0.15) is 18.1 Å². The minimum absolute atomic E-state index is 0.148. The van der Waals surface area contributed by atoms with Crippen LogP contribution in [-0.4, -0.2) is 75.9 Å². The molecule has 5 rings (SSSR count). The van der Waals surface area contributed by atoms with E-state index in [1.54, 1.807) is 34.1 Å². The van der Waals surface area contributed by atoms with Crippen molar-refractivity contribution < 1.29 is 23.5 Å². The van der Waals surface area contributed by atoms with Crippen LogP contribution in [-0.2, 0) is 4.79 Å². The molecule has 1 atom stereocenters. The van der Waals surface area contributed by atoms with Crippen molar-refractivity contribution >= 4 is 11.8 Å². The number of hydrogen-bond acceptors (Lipinski definition) is 6. The molecular weight excluding hydrogens is 417 g/mol. The van der Waals surface area contributed by atoms with Gasteiger partial charge in [-0.15, -0.1) is 0 Å². The molecule has 2 aromatic carbocycles. The minimum atomic E-state index is -0.715. The van der Waals surface area contributed by atoms with Gasteiger partial charge in [0.05, 0.1) is 0 Å². The smallest absolute Gasteiger partial charge is 0.276 e. The zero-order valence-electron chi connectivity index (χ0n) is 17.0. The number of nitrogens with one attached hydrogen (secondary N) is 1. The van der Waals surface area contributed by atoms with Crippen LogP contribution in [0.15, 0.2) is 48.5 Å². The summed E-state index contributed by atoms with van der Waals surface area (Å²) in [6, 6.07) is 12.9. The molecule has 0 bridgehead atoms. The van der Waals surface area contributed by atoms with Crippen molar-refractivity contribution in [3.05, 3.63) is 60.0 Å². The maximum Gasteiger partial charge on any atom is 0.276 e. The summed E-state index contributed by atoms with van der Waals surface area (Å²) in [6.07, 6.45) is -0.715. The van der Waals surface area contributed by atoms with E-state index in [0.717, 1.165) is 0 Å². The summed E-state index contributed by atoms with van der Waals surface area (Å²) in [7, 11) is 0. The van der Waals surface area contributed by atoms with Crippen LogP contribution < -0.4 is 9.47 Å². The maximum atomic E-state index is 13.2. The summed E-state index contributed by atoms with van der Waals surface area (Å²) in [5, 5.41) is 10.5. The van der Waals surface area contributed by atoms with E-state index in [1.807, 2.05) is 12.1 Å². The Kier molecular flexibility index (Phi) is 5.18. The lowest BCUT2D eigenvalue weighted by atomic mass is 10.1. The Balaban J connectivity index is 1.22. The number of H-pyrrole nitrogens is 1. The van der Waals surface area contributed by atoms with Gasteiger partial charge in [-0.1, -0.05) is 12.1 Å². The summed E-state index contributed by atoms with van der Waals surface area (Å²) in [6.45, 7) is 1.59. The van der Waals surface area contributed by atoms with Gasteiger partial charge in [0.15, 0.2) is 17.2 Å². The molecule has 1 fully saturated rings. The summed E-state index contributed by atoms with van der Waals surface area (Å²) >= 11 is 0. The highest BCUT2D eigenvalue weighted by Crippen LogP contribution is 2.31. The first-order chi connectivity index (χ1) is 15.6. The van der Waals surface area contributed by atoms with Gasteiger partial charge in [0, 0.05) is 31.7 Å². The zero-order chi connectivity index (χ0) is 22.1. The van der Waals surface area contributed by atoms with Crippen molar-refractivity contribution in [1.29, 1.82) is 0 Å². The standard InChI is InChI=1S/C22H20FN5O4/c23-15-7-5-14(6-8-15)19-20(25-26-24-19)22(30)28-11-9-27(10-12-28)21(29)18-13-31-16-3-1-2-4-17(16)32-18/h1-8,18H,9-13H2,(H,24,25,26)/t18-/m1/s1. The first kappa shape index (κ1) is 20.0. The van der Waals surface area contributed by atoms with Crippen LogP contribution in [0.5, 0.6) is 11.5 Å². The summed E-state index contributed by atoms with van der Waals surface area (Å²) in [5.74, 6) is 0.333. The largest absolute Gasteiger partial charge is 0.485 e. The third-order valence-electron chi connectivity index (χ3n) is 5.53. The average Bonchev–Trinajstić information content (AvgIpc) is 3.33. The molecule has 0 spiro atoms. The number of aromatic amines is 1. The third-order valence-corrected chi connectivity index (χ3v) is 5.53. The third kappa shape index (κ3) is 3.75. The molecule has 9 nitrogen and oxygen atoms in total. The van der Waals surface area contributed by atoms with Gasteiger partial charge < -0.3 is 19.3 Å². The van der Waals surface area contributed by atoms with Gasteiger partial charge in [0.25, 0.3) is 11.8 Å². The topological polar surface area (TPSA) is 101 Å². The van der Waals surface area contributed by atoms with Crippen LogP contribution in [0.4, 0.5) is 4.39 Å². The van der Waals surface area contributed by atoms with Crippen LogP contribution in [0.2, 0.25) is 0 Å². The van der Waals surface area contributed by atoms with Crippen LogP contribution >= 0.6 is 0 Å². The van der Waals surface area contributed by atoms with Gasteiger partial charge in [-0.2, -0.15) is 15.4 Å². The number of rotatable bonds is 3. The molecule has 164 valence electrons. The lowest BCUT2D eigenvalue weighted by Gasteiger charge is -2.37. The molecular formula is C22H20FN5O4. The molecule has 0 unspecified atom stereocenters. The fourth-order valence-corrected chi connectivity index (χ4v) is 3.81. The van der Waals surface area contributed by atoms with Crippen LogP contribution in [0.3, 0.4) is 0 Å². The molecule has 0 saturated carbocycles. The van der Waals surface area contributed by atoms with Crippen LogP contribution in [0, 0.1) is 5.82 Å².